The number of hydrogen-bond acceptors (Lipinski definition) is 2. The standard InChI is InChI=1S/C29H36F2O2/c1-3-5-6-8-21-9-11-22(12-10-21)23-17-19-26(20-18-23)33-29(32)25-15-13-24(14-16-25)28(31)27(30)7-4-2/h13-22H,3-12H2,1-2H3/b28-27+. The van der Waals surface area contributed by atoms with Gasteiger partial charge in [-0.3, -0.25) is 0 Å². The van der Waals surface area contributed by atoms with E-state index in [9.17, 15) is 13.6 Å². The summed E-state index contributed by atoms with van der Waals surface area (Å²) in [6.45, 7) is 4.04. The van der Waals surface area contributed by atoms with E-state index in [1.165, 1.54) is 81.2 Å². The molecule has 1 aliphatic carbocycles. The number of hydrogen-bond donors (Lipinski definition) is 0. The van der Waals surface area contributed by atoms with Gasteiger partial charge in [0.15, 0.2) is 5.83 Å². The molecular weight excluding hydrogens is 418 g/mol. The van der Waals surface area contributed by atoms with Crippen LogP contribution in [0.25, 0.3) is 5.83 Å². The summed E-state index contributed by atoms with van der Waals surface area (Å²) in [5.41, 5.74) is 1.73. The monoisotopic (exact) mass is 454 g/mol. The Morgan fingerprint density at radius 3 is 2.09 bits per heavy atom. The minimum atomic E-state index is -0.873. The first-order valence-electron chi connectivity index (χ1n) is 12.5. The number of allylic oxidation sites excluding steroid dienone is 1. The van der Waals surface area contributed by atoms with Gasteiger partial charge in [-0.25, -0.2) is 13.6 Å². The maximum absolute atomic E-state index is 14.1. The Hall–Kier alpha value is -2.49. The van der Waals surface area contributed by atoms with Crippen molar-refractivity contribution >= 4 is 11.8 Å². The van der Waals surface area contributed by atoms with E-state index >= 15 is 0 Å². The second kappa shape index (κ2) is 12.7. The average molecular weight is 455 g/mol. The Kier molecular flexibility index (Phi) is 9.65. The minimum absolute atomic E-state index is 0.0615. The van der Waals surface area contributed by atoms with E-state index in [2.05, 4.69) is 19.1 Å². The summed E-state index contributed by atoms with van der Waals surface area (Å²) in [4.78, 5) is 12.5. The Labute approximate surface area is 197 Å². The van der Waals surface area contributed by atoms with Gasteiger partial charge in [-0.15, -0.1) is 0 Å². The number of carbonyl (C=O) groups excluding carboxylic acids is 1. The van der Waals surface area contributed by atoms with Gasteiger partial charge in [0, 0.05) is 12.0 Å². The average Bonchev–Trinajstić information content (AvgIpc) is 2.85. The van der Waals surface area contributed by atoms with Crippen molar-refractivity contribution in [2.24, 2.45) is 5.92 Å². The van der Waals surface area contributed by atoms with Crippen LogP contribution < -0.4 is 4.74 Å². The molecule has 0 heterocycles. The van der Waals surface area contributed by atoms with Crippen LogP contribution in [0.3, 0.4) is 0 Å². The van der Waals surface area contributed by atoms with Crippen LogP contribution in [-0.4, -0.2) is 5.97 Å². The van der Waals surface area contributed by atoms with Crippen LogP contribution in [-0.2, 0) is 0 Å². The molecule has 0 saturated heterocycles. The lowest BCUT2D eigenvalue weighted by Gasteiger charge is -2.29. The Bertz CT molecular complexity index is 908. The molecule has 0 unspecified atom stereocenters. The van der Waals surface area contributed by atoms with Gasteiger partial charge in [0.05, 0.1) is 5.56 Å². The molecule has 1 aliphatic rings. The Balaban J connectivity index is 1.53. The summed E-state index contributed by atoms with van der Waals surface area (Å²) < 4.78 is 33.2. The molecule has 0 aromatic heterocycles. The van der Waals surface area contributed by atoms with Crippen molar-refractivity contribution in [3.05, 3.63) is 71.0 Å². The summed E-state index contributed by atoms with van der Waals surface area (Å²) in [5.74, 6) is -0.200. The van der Waals surface area contributed by atoms with Crippen LogP contribution in [0, 0.1) is 5.92 Å². The third kappa shape index (κ3) is 7.25. The molecule has 2 nitrogen and oxygen atoms in total. The van der Waals surface area contributed by atoms with Crippen LogP contribution in [0.5, 0.6) is 5.75 Å². The van der Waals surface area contributed by atoms with Gasteiger partial charge in [0.2, 0.25) is 0 Å². The van der Waals surface area contributed by atoms with Crippen LogP contribution in [0.1, 0.15) is 105 Å². The minimum Gasteiger partial charge on any atom is -0.423 e. The topological polar surface area (TPSA) is 26.3 Å². The van der Waals surface area contributed by atoms with Crippen LogP contribution >= 0.6 is 0 Å². The Morgan fingerprint density at radius 1 is 0.848 bits per heavy atom. The van der Waals surface area contributed by atoms with Crippen molar-refractivity contribution < 1.29 is 18.3 Å². The van der Waals surface area contributed by atoms with Crippen molar-refractivity contribution in [2.45, 2.75) is 84.0 Å². The first-order chi connectivity index (χ1) is 16.0. The fourth-order valence-electron chi connectivity index (χ4n) is 4.68. The van der Waals surface area contributed by atoms with Gasteiger partial charge < -0.3 is 4.74 Å². The number of esters is 1. The van der Waals surface area contributed by atoms with E-state index in [1.807, 2.05) is 12.1 Å². The molecule has 0 spiro atoms. The molecule has 0 aliphatic heterocycles. The zero-order chi connectivity index (χ0) is 23.6. The van der Waals surface area contributed by atoms with Crippen molar-refractivity contribution in [3.8, 4) is 5.75 Å². The zero-order valence-electron chi connectivity index (χ0n) is 19.9. The van der Waals surface area contributed by atoms with Crippen LogP contribution in [0.4, 0.5) is 8.78 Å². The fourth-order valence-corrected chi connectivity index (χ4v) is 4.68. The summed E-state index contributed by atoms with van der Waals surface area (Å²) in [6.07, 6.45) is 11.0. The highest BCUT2D eigenvalue weighted by atomic mass is 19.2. The molecule has 178 valence electrons. The molecule has 0 radical (unpaired) electrons. The predicted octanol–water partition coefficient (Wildman–Crippen LogP) is 9.17. The van der Waals surface area contributed by atoms with E-state index in [1.54, 1.807) is 6.92 Å². The summed E-state index contributed by atoms with van der Waals surface area (Å²) >= 11 is 0. The molecule has 4 heteroatoms. The lowest BCUT2D eigenvalue weighted by Crippen LogP contribution is -2.13. The van der Waals surface area contributed by atoms with Gasteiger partial charge in [-0.05, 0) is 73.8 Å². The summed E-state index contributed by atoms with van der Waals surface area (Å²) in [7, 11) is 0. The van der Waals surface area contributed by atoms with Crippen molar-refractivity contribution in [3.63, 3.8) is 0 Å². The number of unbranched alkanes of at least 4 members (excludes halogenated alkanes) is 2. The highest BCUT2D eigenvalue weighted by molar-refractivity contribution is 5.91. The third-order valence-electron chi connectivity index (χ3n) is 6.71. The fraction of sp³-hybridized carbons (Fsp3) is 0.483. The highest BCUT2D eigenvalue weighted by Gasteiger charge is 2.22. The molecule has 0 N–H and O–H groups in total. The SMILES string of the molecule is CCCCCC1CCC(c2ccc(OC(=O)c3ccc(/C(F)=C(\F)CCC)cc3)cc2)CC1. The first kappa shape index (κ1) is 25.1. The smallest absolute Gasteiger partial charge is 0.343 e. The molecule has 1 fully saturated rings. The lowest BCUT2D eigenvalue weighted by atomic mass is 9.77. The van der Waals surface area contributed by atoms with Gasteiger partial charge in [-0.2, -0.15) is 0 Å². The second-order valence-electron chi connectivity index (χ2n) is 9.22. The maximum atomic E-state index is 14.1. The second-order valence-corrected chi connectivity index (χ2v) is 9.22. The summed E-state index contributed by atoms with van der Waals surface area (Å²) in [5, 5.41) is 0. The third-order valence-corrected chi connectivity index (χ3v) is 6.71. The van der Waals surface area contributed by atoms with Crippen LogP contribution in [0.2, 0.25) is 0 Å². The molecule has 33 heavy (non-hydrogen) atoms. The van der Waals surface area contributed by atoms with E-state index in [0.717, 1.165) is 5.92 Å². The zero-order valence-corrected chi connectivity index (χ0v) is 19.9. The normalized spacial score (nSPS) is 19.2. The summed E-state index contributed by atoms with van der Waals surface area (Å²) in [6, 6.07) is 13.5. The molecule has 0 atom stereocenters. The molecule has 0 amide bonds. The van der Waals surface area contributed by atoms with Gasteiger partial charge in [0.1, 0.15) is 11.6 Å². The van der Waals surface area contributed by atoms with Gasteiger partial charge >= 0.3 is 5.97 Å². The van der Waals surface area contributed by atoms with E-state index in [-0.39, 0.29) is 12.0 Å². The van der Waals surface area contributed by atoms with E-state index in [0.29, 0.717) is 23.7 Å². The molecular formula is C29H36F2O2. The molecule has 2 aromatic rings. The number of benzene rings is 2. The van der Waals surface area contributed by atoms with Crippen molar-refractivity contribution in [1.82, 2.24) is 0 Å². The first-order valence-corrected chi connectivity index (χ1v) is 12.5. The maximum Gasteiger partial charge on any atom is 0.343 e. The number of carbonyl (C=O) groups is 1. The van der Waals surface area contributed by atoms with Gasteiger partial charge in [0.25, 0.3) is 0 Å². The van der Waals surface area contributed by atoms with Crippen LogP contribution in [0.15, 0.2) is 54.4 Å². The van der Waals surface area contributed by atoms with Crippen molar-refractivity contribution in [1.29, 1.82) is 0 Å². The quantitative estimate of drug-likeness (QED) is 0.203. The van der Waals surface area contributed by atoms with Gasteiger partial charge in [-0.1, -0.05) is 63.8 Å². The largest absolute Gasteiger partial charge is 0.423 e. The lowest BCUT2D eigenvalue weighted by molar-refractivity contribution is 0.0734. The molecule has 0 bridgehead atoms. The number of ether oxygens (including phenoxy) is 1. The molecule has 2 aromatic carbocycles. The van der Waals surface area contributed by atoms with E-state index < -0.39 is 17.6 Å². The molecule has 3 rings (SSSR count). The number of rotatable bonds is 10. The molecule has 1 saturated carbocycles. The van der Waals surface area contributed by atoms with E-state index in [4.69, 9.17) is 4.74 Å². The highest BCUT2D eigenvalue weighted by Crippen LogP contribution is 2.38. The van der Waals surface area contributed by atoms with Crippen molar-refractivity contribution in [2.75, 3.05) is 0 Å². The number of halogens is 2. The predicted molar refractivity (Wildman–Crippen MR) is 131 cm³/mol. The Morgan fingerprint density at radius 2 is 1.48 bits per heavy atom.